The molecule has 20 heavy (non-hydrogen) atoms. The minimum Gasteiger partial charge on any atom is -0.387 e. The van der Waals surface area contributed by atoms with Gasteiger partial charge in [-0.25, -0.2) is 0 Å². The molecule has 0 aromatic carbocycles. The molecule has 0 saturated carbocycles. The highest BCUT2D eigenvalue weighted by Crippen LogP contribution is 2.32. The number of nitrogens with two attached hydrogens (primary N) is 1. The number of aromatic nitrogens is 2. The van der Waals surface area contributed by atoms with Crippen LogP contribution in [-0.2, 0) is 11.2 Å². The molecule has 0 aliphatic carbocycles. The highest BCUT2D eigenvalue weighted by molar-refractivity contribution is 5.75. The molecule has 3 heterocycles. The van der Waals surface area contributed by atoms with Gasteiger partial charge in [-0.1, -0.05) is 11.9 Å². The SMILES string of the molecule is CC[C@@H]1O[C@H]([n+]2c(F)nc(N)c3c2N=CC3)[C@H](O)[C@H]1O. The lowest BCUT2D eigenvalue weighted by molar-refractivity contribution is -0.780. The van der Waals surface area contributed by atoms with E-state index >= 15 is 0 Å². The molecule has 0 spiro atoms. The number of ether oxygens (including phenoxy) is 1. The molecule has 4 atom stereocenters. The van der Waals surface area contributed by atoms with Crippen LogP contribution >= 0.6 is 0 Å². The average Bonchev–Trinajstić information content (AvgIpc) is 2.99. The van der Waals surface area contributed by atoms with Gasteiger partial charge in [0.15, 0.2) is 0 Å². The molecule has 0 radical (unpaired) electrons. The first-order chi connectivity index (χ1) is 9.54. The van der Waals surface area contributed by atoms with Gasteiger partial charge in [-0.2, -0.15) is 4.57 Å². The number of hydrogen-bond acceptors (Lipinski definition) is 6. The lowest BCUT2D eigenvalue weighted by Gasteiger charge is -2.15. The lowest BCUT2D eigenvalue weighted by Crippen LogP contribution is -2.50. The summed E-state index contributed by atoms with van der Waals surface area (Å²) in [6.45, 7) is 1.81. The van der Waals surface area contributed by atoms with Crippen molar-refractivity contribution in [3.63, 3.8) is 0 Å². The Hall–Kier alpha value is -1.64. The van der Waals surface area contributed by atoms with Gasteiger partial charge in [0, 0.05) is 6.42 Å². The predicted molar refractivity (Wildman–Crippen MR) is 66.9 cm³/mol. The van der Waals surface area contributed by atoms with Gasteiger partial charge in [0.05, 0.1) is 17.9 Å². The number of fused-ring (bicyclic) bond motifs is 1. The van der Waals surface area contributed by atoms with Crippen LogP contribution in [0.3, 0.4) is 0 Å². The van der Waals surface area contributed by atoms with Crippen molar-refractivity contribution in [2.24, 2.45) is 4.99 Å². The van der Waals surface area contributed by atoms with Gasteiger partial charge >= 0.3 is 6.08 Å². The Bertz CT molecular complexity index is 580. The fraction of sp³-hybridized carbons (Fsp3) is 0.583. The van der Waals surface area contributed by atoms with E-state index in [2.05, 4.69) is 9.98 Å². The van der Waals surface area contributed by atoms with E-state index in [1.54, 1.807) is 6.21 Å². The number of aliphatic imine (C=N–C) groups is 1. The van der Waals surface area contributed by atoms with Crippen LogP contribution < -0.4 is 10.3 Å². The number of aliphatic hydroxyl groups is 2. The number of halogens is 1. The number of hydrogen-bond donors (Lipinski definition) is 3. The fourth-order valence-corrected chi connectivity index (χ4v) is 2.63. The Labute approximate surface area is 114 Å². The summed E-state index contributed by atoms with van der Waals surface area (Å²) in [5, 5.41) is 20.0. The third kappa shape index (κ3) is 1.80. The summed E-state index contributed by atoms with van der Waals surface area (Å²) >= 11 is 0. The summed E-state index contributed by atoms with van der Waals surface area (Å²) in [5.41, 5.74) is 6.25. The molecule has 108 valence electrons. The van der Waals surface area contributed by atoms with Crippen molar-refractivity contribution < 1.29 is 23.9 Å². The van der Waals surface area contributed by atoms with Crippen LogP contribution in [0.5, 0.6) is 0 Å². The second-order valence-electron chi connectivity index (χ2n) is 4.91. The number of nitrogens with zero attached hydrogens (tertiary/aromatic N) is 3. The number of aliphatic hydroxyl groups excluding tert-OH is 2. The first-order valence-corrected chi connectivity index (χ1v) is 6.48. The molecule has 0 unspecified atom stereocenters. The molecule has 1 fully saturated rings. The normalized spacial score (nSPS) is 31.8. The van der Waals surface area contributed by atoms with Crippen LogP contribution in [0.4, 0.5) is 16.0 Å². The lowest BCUT2D eigenvalue weighted by atomic mass is 10.1. The Morgan fingerprint density at radius 3 is 2.90 bits per heavy atom. The highest BCUT2D eigenvalue weighted by Gasteiger charge is 2.48. The maximum absolute atomic E-state index is 14.1. The molecule has 4 N–H and O–H groups in total. The molecule has 1 aromatic heterocycles. The second kappa shape index (κ2) is 4.72. The Kier molecular flexibility index (Phi) is 3.15. The van der Waals surface area contributed by atoms with Crippen LogP contribution in [0.15, 0.2) is 4.99 Å². The summed E-state index contributed by atoms with van der Waals surface area (Å²) in [4.78, 5) is 7.70. The van der Waals surface area contributed by atoms with Crippen LogP contribution in [0, 0.1) is 6.08 Å². The van der Waals surface area contributed by atoms with Crippen molar-refractivity contribution in [3.8, 4) is 0 Å². The predicted octanol–water partition coefficient (Wildman–Crippen LogP) is -0.622. The topological polar surface area (TPSA) is 105 Å². The van der Waals surface area contributed by atoms with Crippen LogP contribution in [0.1, 0.15) is 25.1 Å². The van der Waals surface area contributed by atoms with Crippen molar-refractivity contribution >= 4 is 17.9 Å². The third-order valence-corrected chi connectivity index (χ3v) is 3.72. The smallest absolute Gasteiger partial charge is 0.387 e. The molecule has 0 amide bonds. The van der Waals surface area contributed by atoms with Gasteiger partial charge in [0.25, 0.3) is 5.82 Å². The average molecular weight is 283 g/mol. The molecule has 7 nitrogen and oxygen atoms in total. The van der Waals surface area contributed by atoms with E-state index in [9.17, 15) is 14.6 Å². The highest BCUT2D eigenvalue weighted by atomic mass is 19.1. The van der Waals surface area contributed by atoms with Crippen LogP contribution in [0.2, 0.25) is 0 Å². The van der Waals surface area contributed by atoms with Gasteiger partial charge in [-0.15, -0.1) is 9.38 Å². The first-order valence-electron chi connectivity index (χ1n) is 6.48. The fourth-order valence-electron chi connectivity index (χ4n) is 2.63. The van der Waals surface area contributed by atoms with E-state index in [0.29, 0.717) is 18.4 Å². The van der Waals surface area contributed by atoms with Crippen molar-refractivity contribution in [1.82, 2.24) is 4.98 Å². The third-order valence-electron chi connectivity index (χ3n) is 3.72. The summed E-state index contributed by atoms with van der Waals surface area (Å²) in [5.74, 6) is 0.356. The summed E-state index contributed by atoms with van der Waals surface area (Å²) in [6, 6.07) is 0. The van der Waals surface area contributed by atoms with Gasteiger partial charge < -0.3 is 20.7 Å². The van der Waals surface area contributed by atoms with Crippen LogP contribution in [-0.4, -0.2) is 39.7 Å². The minimum absolute atomic E-state index is 0.0753. The first kappa shape index (κ1) is 13.3. The molecule has 2 aliphatic rings. The second-order valence-corrected chi connectivity index (χ2v) is 4.91. The van der Waals surface area contributed by atoms with E-state index in [1.165, 1.54) is 0 Å². The molecule has 0 bridgehead atoms. The number of rotatable bonds is 2. The maximum Gasteiger partial charge on any atom is 0.427 e. The van der Waals surface area contributed by atoms with Gasteiger partial charge in [-0.05, 0) is 6.42 Å². The van der Waals surface area contributed by atoms with Gasteiger partial charge in [0.1, 0.15) is 12.2 Å². The molecule has 1 saturated heterocycles. The van der Waals surface area contributed by atoms with E-state index in [-0.39, 0.29) is 11.6 Å². The van der Waals surface area contributed by atoms with Crippen molar-refractivity contribution in [1.29, 1.82) is 0 Å². The standard InChI is InChI=1S/C12H15FN4O3/c1-2-6-7(18)8(19)11(20-6)17-10-5(3-4-15-10)9(14)16-12(17)13/h4,6-8,11,14,18-19H,2-3H2,1H3/p+1/t6-,7-,8+,11-/m0/s1. The van der Waals surface area contributed by atoms with Crippen LogP contribution in [0.25, 0.3) is 0 Å². The molecular formula is C12H16FN4O3+. The quantitative estimate of drug-likeness (QED) is 0.495. The van der Waals surface area contributed by atoms with E-state index in [4.69, 9.17) is 10.5 Å². The van der Waals surface area contributed by atoms with Gasteiger partial charge in [-0.3, -0.25) is 0 Å². The zero-order chi connectivity index (χ0) is 14.4. The minimum atomic E-state index is -1.25. The zero-order valence-corrected chi connectivity index (χ0v) is 10.9. The summed E-state index contributed by atoms with van der Waals surface area (Å²) in [7, 11) is 0. The largest absolute Gasteiger partial charge is 0.427 e. The summed E-state index contributed by atoms with van der Waals surface area (Å²) < 4.78 is 20.7. The molecule has 2 aliphatic heterocycles. The molecule has 3 rings (SSSR count). The van der Waals surface area contributed by atoms with Crippen molar-refractivity contribution in [2.45, 2.75) is 44.3 Å². The molecule has 1 aromatic rings. The van der Waals surface area contributed by atoms with E-state index < -0.39 is 30.6 Å². The monoisotopic (exact) mass is 283 g/mol. The van der Waals surface area contributed by atoms with Crippen molar-refractivity contribution in [2.75, 3.05) is 5.73 Å². The molecular weight excluding hydrogens is 267 g/mol. The maximum atomic E-state index is 14.1. The zero-order valence-electron chi connectivity index (χ0n) is 10.9. The number of anilines is 1. The van der Waals surface area contributed by atoms with Gasteiger partial charge in [0.2, 0.25) is 12.0 Å². The molecule has 8 heteroatoms. The Balaban J connectivity index is 2.08. The Morgan fingerprint density at radius 2 is 2.25 bits per heavy atom. The van der Waals surface area contributed by atoms with E-state index in [1.807, 2.05) is 6.92 Å². The summed E-state index contributed by atoms with van der Waals surface area (Å²) in [6.07, 6.45) is -2.28. The van der Waals surface area contributed by atoms with E-state index in [0.717, 1.165) is 4.57 Å². The number of nitrogen functional groups attached to an aromatic ring is 1. The van der Waals surface area contributed by atoms with Crippen molar-refractivity contribution in [3.05, 3.63) is 11.6 Å². The Morgan fingerprint density at radius 1 is 1.50 bits per heavy atom.